The van der Waals surface area contributed by atoms with E-state index in [9.17, 15) is 9.90 Å². The number of hydrogen-bond acceptors (Lipinski definition) is 6. The molecule has 7 heteroatoms. The van der Waals surface area contributed by atoms with Gasteiger partial charge in [-0.2, -0.15) is 0 Å². The number of carbonyl (C=O) groups excluding carboxylic acids is 1. The average molecular weight is 423 g/mol. The van der Waals surface area contributed by atoms with E-state index in [4.69, 9.17) is 0 Å². The molecule has 0 spiro atoms. The molecule has 0 unspecified atom stereocenters. The number of piperidine rings is 1. The monoisotopic (exact) mass is 422 g/mol. The number of carbonyl (C=O) groups is 1. The van der Waals surface area contributed by atoms with Crippen molar-refractivity contribution in [3.63, 3.8) is 0 Å². The zero-order valence-electron chi connectivity index (χ0n) is 17.0. The molecule has 0 aliphatic carbocycles. The molecule has 4 rings (SSSR count). The third kappa shape index (κ3) is 4.98. The van der Waals surface area contributed by atoms with Gasteiger partial charge in [0.2, 0.25) is 5.91 Å². The molecule has 0 saturated carbocycles. The fourth-order valence-corrected chi connectivity index (χ4v) is 4.26. The summed E-state index contributed by atoms with van der Waals surface area (Å²) < 4.78 is 0. The van der Waals surface area contributed by atoms with Crippen molar-refractivity contribution < 1.29 is 9.90 Å². The second-order valence-electron chi connectivity index (χ2n) is 7.47. The maximum Gasteiger partial charge on any atom is 0.243 e. The average Bonchev–Trinajstić information content (AvgIpc) is 3.20. The van der Waals surface area contributed by atoms with E-state index in [0.29, 0.717) is 0 Å². The van der Waals surface area contributed by atoms with Crippen LogP contribution in [-0.2, 0) is 4.79 Å². The third-order valence-electron chi connectivity index (χ3n) is 5.21. The molecule has 3 N–H and O–H groups in total. The molecule has 1 fully saturated rings. The lowest BCUT2D eigenvalue weighted by Gasteiger charge is -2.32. The summed E-state index contributed by atoms with van der Waals surface area (Å²) in [6, 6.07) is 15.7. The molecular formula is C23H26N4O2S. The van der Waals surface area contributed by atoms with Gasteiger partial charge in [0.1, 0.15) is 0 Å². The summed E-state index contributed by atoms with van der Waals surface area (Å²) >= 11 is 1.61. The number of aromatic nitrogens is 1. The third-order valence-corrected chi connectivity index (χ3v) is 5.98. The van der Waals surface area contributed by atoms with Crippen molar-refractivity contribution >= 4 is 34.3 Å². The van der Waals surface area contributed by atoms with Crippen molar-refractivity contribution in [2.45, 2.75) is 25.9 Å². The quantitative estimate of drug-likeness (QED) is 0.557. The Kier molecular flexibility index (Phi) is 6.30. The first-order chi connectivity index (χ1) is 14.6. The van der Waals surface area contributed by atoms with Crippen LogP contribution in [0.25, 0.3) is 11.3 Å². The van der Waals surface area contributed by atoms with Crippen LogP contribution in [0, 0.1) is 6.92 Å². The number of nitrogens with one attached hydrogen (secondary N) is 2. The number of aryl methyl sites for hydroxylation is 1. The van der Waals surface area contributed by atoms with E-state index in [1.54, 1.807) is 11.3 Å². The number of anilines is 3. The van der Waals surface area contributed by atoms with E-state index in [1.807, 2.05) is 54.8 Å². The topological polar surface area (TPSA) is 77.5 Å². The Morgan fingerprint density at radius 1 is 1.20 bits per heavy atom. The van der Waals surface area contributed by atoms with Gasteiger partial charge in [0, 0.05) is 29.7 Å². The minimum absolute atomic E-state index is 0.106. The highest BCUT2D eigenvalue weighted by molar-refractivity contribution is 7.09. The first-order valence-corrected chi connectivity index (χ1v) is 11.0. The second kappa shape index (κ2) is 9.28. The molecule has 1 saturated heterocycles. The molecule has 2 aromatic carbocycles. The minimum atomic E-state index is -0.212. The molecule has 3 aromatic rings. The highest BCUT2D eigenvalue weighted by Crippen LogP contribution is 2.28. The van der Waals surface area contributed by atoms with Gasteiger partial charge in [0.25, 0.3) is 0 Å². The van der Waals surface area contributed by atoms with Gasteiger partial charge in [-0.3, -0.25) is 4.79 Å². The summed E-state index contributed by atoms with van der Waals surface area (Å²) in [6.07, 6.45) is 1.32. The smallest absolute Gasteiger partial charge is 0.243 e. The van der Waals surface area contributed by atoms with Gasteiger partial charge in [-0.1, -0.05) is 24.3 Å². The van der Waals surface area contributed by atoms with Gasteiger partial charge in [-0.25, -0.2) is 4.98 Å². The normalized spacial score (nSPS) is 14.5. The molecule has 30 heavy (non-hydrogen) atoms. The van der Waals surface area contributed by atoms with Crippen molar-refractivity contribution in [1.29, 1.82) is 0 Å². The van der Waals surface area contributed by atoms with Crippen LogP contribution in [0.5, 0.6) is 0 Å². The highest BCUT2D eigenvalue weighted by Gasteiger charge is 2.19. The lowest BCUT2D eigenvalue weighted by molar-refractivity contribution is -0.114. The van der Waals surface area contributed by atoms with Crippen LogP contribution in [0.15, 0.2) is 53.9 Å². The van der Waals surface area contributed by atoms with Gasteiger partial charge in [-0.05, 0) is 44.0 Å². The SMILES string of the molecule is Cc1nc(-c2cccc(NC(=O)CNc3ccccc3N3CCC(O)CC3)c2)cs1. The van der Waals surface area contributed by atoms with Gasteiger partial charge in [0.05, 0.1) is 34.7 Å². The lowest BCUT2D eigenvalue weighted by Crippen LogP contribution is -2.36. The van der Waals surface area contributed by atoms with Crippen LogP contribution in [0.4, 0.5) is 17.1 Å². The molecule has 6 nitrogen and oxygen atoms in total. The number of nitrogens with zero attached hydrogens (tertiary/aromatic N) is 2. The van der Waals surface area contributed by atoms with E-state index in [0.717, 1.165) is 59.3 Å². The Bertz CT molecular complexity index is 1010. The zero-order valence-corrected chi connectivity index (χ0v) is 17.8. The predicted molar refractivity (Wildman–Crippen MR) is 123 cm³/mol. The number of hydrogen-bond donors (Lipinski definition) is 3. The zero-order chi connectivity index (χ0) is 20.9. The number of rotatable bonds is 6. The largest absolute Gasteiger partial charge is 0.393 e. The van der Waals surface area contributed by atoms with Gasteiger partial charge >= 0.3 is 0 Å². The van der Waals surface area contributed by atoms with Crippen LogP contribution in [0.1, 0.15) is 17.8 Å². The van der Waals surface area contributed by atoms with Crippen molar-refractivity contribution in [3.05, 3.63) is 58.9 Å². The summed E-state index contributed by atoms with van der Waals surface area (Å²) in [7, 11) is 0. The maximum atomic E-state index is 12.5. The van der Waals surface area contributed by atoms with E-state index in [2.05, 4.69) is 26.6 Å². The Balaban J connectivity index is 1.38. The number of para-hydroxylation sites is 2. The summed E-state index contributed by atoms with van der Waals surface area (Å²) in [5, 5.41) is 19.0. The molecule has 1 amide bonds. The molecule has 0 radical (unpaired) electrons. The molecule has 156 valence electrons. The number of aliphatic hydroxyl groups is 1. The van der Waals surface area contributed by atoms with Crippen LogP contribution < -0.4 is 15.5 Å². The van der Waals surface area contributed by atoms with Gasteiger partial charge in [0.15, 0.2) is 0 Å². The first kappa shape index (κ1) is 20.4. The van der Waals surface area contributed by atoms with Gasteiger partial charge in [-0.15, -0.1) is 11.3 Å². The van der Waals surface area contributed by atoms with Gasteiger partial charge < -0.3 is 20.6 Å². The summed E-state index contributed by atoms with van der Waals surface area (Å²) in [5.41, 5.74) is 4.66. The lowest BCUT2D eigenvalue weighted by atomic mass is 10.1. The molecule has 1 aliphatic rings. The highest BCUT2D eigenvalue weighted by atomic mass is 32.1. The summed E-state index contributed by atoms with van der Waals surface area (Å²) in [5.74, 6) is -0.106. The Morgan fingerprint density at radius 3 is 2.77 bits per heavy atom. The predicted octanol–water partition coefficient (Wildman–Crippen LogP) is 4.13. The molecule has 2 heterocycles. The Hall–Kier alpha value is -2.90. The standard InChI is InChI=1S/C23H26N4O2S/c1-16-25-21(15-30-16)17-5-4-6-18(13-17)26-23(29)14-24-20-7-2-3-8-22(20)27-11-9-19(28)10-12-27/h2-8,13,15,19,24,28H,9-12,14H2,1H3,(H,26,29). The van der Waals surface area contributed by atoms with Crippen LogP contribution >= 0.6 is 11.3 Å². The molecule has 1 aromatic heterocycles. The molecule has 0 bridgehead atoms. The van der Waals surface area contributed by atoms with Crippen molar-refractivity contribution in [3.8, 4) is 11.3 Å². The van der Waals surface area contributed by atoms with Crippen molar-refractivity contribution in [1.82, 2.24) is 4.98 Å². The second-order valence-corrected chi connectivity index (χ2v) is 8.53. The number of thiazole rings is 1. The van der Waals surface area contributed by atoms with Crippen LogP contribution in [0.2, 0.25) is 0 Å². The molecule has 1 aliphatic heterocycles. The van der Waals surface area contributed by atoms with E-state index < -0.39 is 0 Å². The summed E-state index contributed by atoms with van der Waals surface area (Å²) in [6.45, 7) is 3.78. The Labute approximate surface area is 180 Å². The van der Waals surface area contributed by atoms with Crippen LogP contribution in [0.3, 0.4) is 0 Å². The molecule has 0 atom stereocenters. The minimum Gasteiger partial charge on any atom is -0.393 e. The van der Waals surface area contributed by atoms with E-state index in [-0.39, 0.29) is 18.6 Å². The van der Waals surface area contributed by atoms with Crippen molar-refractivity contribution in [2.24, 2.45) is 0 Å². The fraction of sp³-hybridized carbons (Fsp3) is 0.304. The molecular weight excluding hydrogens is 396 g/mol. The maximum absolute atomic E-state index is 12.5. The first-order valence-electron chi connectivity index (χ1n) is 10.2. The van der Waals surface area contributed by atoms with Crippen LogP contribution in [-0.4, -0.2) is 41.7 Å². The van der Waals surface area contributed by atoms with Crippen molar-refractivity contribution in [2.75, 3.05) is 35.2 Å². The number of aliphatic hydroxyl groups excluding tert-OH is 1. The number of amides is 1. The Morgan fingerprint density at radius 2 is 2.00 bits per heavy atom. The number of benzene rings is 2. The van der Waals surface area contributed by atoms with E-state index >= 15 is 0 Å². The fourth-order valence-electron chi connectivity index (χ4n) is 3.64. The van der Waals surface area contributed by atoms with E-state index in [1.165, 1.54) is 0 Å². The summed E-state index contributed by atoms with van der Waals surface area (Å²) in [4.78, 5) is 19.3.